The van der Waals surface area contributed by atoms with Crippen molar-refractivity contribution in [3.63, 3.8) is 0 Å². The van der Waals surface area contributed by atoms with Gasteiger partial charge in [0.1, 0.15) is 5.69 Å². The quantitative estimate of drug-likeness (QED) is 0.254. The Balaban J connectivity index is 2.08. The molecule has 0 aliphatic heterocycles. The standard InChI is InChI=1S/C13H13IN4O/c14-10-2-1-3-11(7-10)17-8-9-4-5-16-12(6-9)13(15)18-19/h1-7,17,19H,8H2,(H2,15,18). The summed E-state index contributed by atoms with van der Waals surface area (Å²) in [4.78, 5) is 4.03. The van der Waals surface area contributed by atoms with Crippen LogP contribution in [-0.4, -0.2) is 16.0 Å². The van der Waals surface area contributed by atoms with E-state index >= 15 is 0 Å². The summed E-state index contributed by atoms with van der Waals surface area (Å²) in [5, 5.41) is 14.9. The Morgan fingerprint density at radius 2 is 2.21 bits per heavy atom. The minimum absolute atomic E-state index is 0.0103. The van der Waals surface area contributed by atoms with Gasteiger partial charge in [-0.2, -0.15) is 0 Å². The van der Waals surface area contributed by atoms with Gasteiger partial charge in [-0.15, -0.1) is 0 Å². The van der Waals surface area contributed by atoms with E-state index in [0.29, 0.717) is 12.2 Å². The molecule has 98 valence electrons. The molecule has 1 heterocycles. The third-order valence-electron chi connectivity index (χ3n) is 2.52. The Bertz CT molecular complexity index is 601. The number of hydrogen-bond donors (Lipinski definition) is 3. The van der Waals surface area contributed by atoms with Gasteiger partial charge in [0.25, 0.3) is 0 Å². The summed E-state index contributed by atoms with van der Waals surface area (Å²) in [6.45, 7) is 0.647. The molecule has 4 N–H and O–H groups in total. The van der Waals surface area contributed by atoms with Gasteiger partial charge < -0.3 is 16.3 Å². The van der Waals surface area contributed by atoms with E-state index < -0.39 is 0 Å². The molecule has 6 heteroatoms. The first-order valence-corrected chi connectivity index (χ1v) is 6.69. The molecule has 0 aliphatic carbocycles. The van der Waals surface area contributed by atoms with Crippen LogP contribution in [0, 0.1) is 3.57 Å². The number of halogens is 1. The zero-order valence-electron chi connectivity index (χ0n) is 10.0. The summed E-state index contributed by atoms with van der Waals surface area (Å²) in [5.74, 6) is 0.0103. The van der Waals surface area contributed by atoms with Crippen LogP contribution in [0.2, 0.25) is 0 Å². The molecule has 0 amide bonds. The summed E-state index contributed by atoms with van der Waals surface area (Å²) in [5.41, 5.74) is 8.03. The lowest BCUT2D eigenvalue weighted by Gasteiger charge is -2.07. The highest BCUT2D eigenvalue weighted by Gasteiger charge is 2.02. The number of benzene rings is 1. The molecule has 0 saturated carbocycles. The maximum Gasteiger partial charge on any atom is 0.188 e. The van der Waals surface area contributed by atoms with Gasteiger partial charge in [0.15, 0.2) is 5.84 Å². The van der Waals surface area contributed by atoms with Gasteiger partial charge in [0, 0.05) is 22.0 Å². The van der Waals surface area contributed by atoms with Crippen molar-refractivity contribution in [1.82, 2.24) is 4.98 Å². The van der Waals surface area contributed by atoms with Gasteiger partial charge in [0.2, 0.25) is 0 Å². The van der Waals surface area contributed by atoms with Gasteiger partial charge in [-0.05, 0) is 58.5 Å². The molecule has 0 fully saturated rings. The number of amidine groups is 1. The lowest BCUT2D eigenvalue weighted by Crippen LogP contribution is -2.15. The molecule has 0 saturated heterocycles. The summed E-state index contributed by atoms with van der Waals surface area (Å²) in [7, 11) is 0. The topological polar surface area (TPSA) is 83.5 Å². The van der Waals surface area contributed by atoms with Gasteiger partial charge in [0.05, 0.1) is 0 Å². The molecule has 1 aromatic heterocycles. The van der Waals surface area contributed by atoms with E-state index in [1.165, 1.54) is 3.57 Å². The van der Waals surface area contributed by atoms with Crippen LogP contribution in [0.1, 0.15) is 11.3 Å². The predicted molar refractivity (Wildman–Crippen MR) is 83.2 cm³/mol. The fourth-order valence-corrected chi connectivity index (χ4v) is 2.12. The molecule has 1 aromatic carbocycles. The number of anilines is 1. The minimum atomic E-state index is 0.0103. The fraction of sp³-hybridized carbons (Fsp3) is 0.0769. The van der Waals surface area contributed by atoms with Crippen molar-refractivity contribution >= 4 is 34.1 Å². The molecule has 0 bridgehead atoms. The molecule has 2 rings (SSSR count). The number of nitrogens with one attached hydrogen (secondary N) is 1. The number of nitrogens with two attached hydrogens (primary N) is 1. The van der Waals surface area contributed by atoms with Crippen LogP contribution < -0.4 is 11.1 Å². The lowest BCUT2D eigenvalue weighted by molar-refractivity contribution is 0.318. The summed E-state index contributed by atoms with van der Waals surface area (Å²) >= 11 is 2.27. The number of rotatable bonds is 4. The smallest absolute Gasteiger partial charge is 0.188 e. The van der Waals surface area contributed by atoms with Crippen molar-refractivity contribution in [3.05, 3.63) is 57.4 Å². The third-order valence-corrected chi connectivity index (χ3v) is 3.19. The molecule has 0 spiro atoms. The number of oxime groups is 1. The van der Waals surface area contributed by atoms with Crippen molar-refractivity contribution in [2.24, 2.45) is 10.9 Å². The number of aromatic nitrogens is 1. The van der Waals surface area contributed by atoms with E-state index in [9.17, 15) is 0 Å². The lowest BCUT2D eigenvalue weighted by atomic mass is 10.2. The summed E-state index contributed by atoms with van der Waals surface area (Å²) in [6, 6.07) is 11.8. The molecule has 19 heavy (non-hydrogen) atoms. The molecule has 2 aromatic rings. The van der Waals surface area contributed by atoms with Crippen LogP contribution in [0.5, 0.6) is 0 Å². The van der Waals surface area contributed by atoms with E-state index in [-0.39, 0.29) is 5.84 Å². The van der Waals surface area contributed by atoms with Crippen molar-refractivity contribution in [2.45, 2.75) is 6.54 Å². The molecular weight excluding hydrogens is 355 g/mol. The van der Waals surface area contributed by atoms with Crippen LogP contribution in [-0.2, 0) is 6.54 Å². The Hall–Kier alpha value is -1.83. The largest absolute Gasteiger partial charge is 0.409 e. The SMILES string of the molecule is NC(=NO)c1cc(CNc2cccc(I)c2)ccn1. The first-order valence-electron chi connectivity index (χ1n) is 5.61. The van der Waals surface area contributed by atoms with E-state index in [4.69, 9.17) is 10.9 Å². The van der Waals surface area contributed by atoms with Gasteiger partial charge in [-0.3, -0.25) is 4.98 Å². The van der Waals surface area contributed by atoms with Crippen molar-refractivity contribution in [1.29, 1.82) is 0 Å². The maximum absolute atomic E-state index is 8.62. The fourth-order valence-electron chi connectivity index (χ4n) is 1.58. The van der Waals surface area contributed by atoms with Crippen LogP contribution in [0.15, 0.2) is 47.8 Å². The van der Waals surface area contributed by atoms with E-state index in [1.807, 2.05) is 24.3 Å². The van der Waals surface area contributed by atoms with Gasteiger partial charge >= 0.3 is 0 Å². The molecule has 0 atom stereocenters. The molecule has 5 nitrogen and oxygen atoms in total. The zero-order valence-corrected chi connectivity index (χ0v) is 12.2. The van der Waals surface area contributed by atoms with E-state index in [1.54, 1.807) is 12.3 Å². The van der Waals surface area contributed by atoms with Gasteiger partial charge in [-0.1, -0.05) is 11.2 Å². The normalized spacial score (nSPS) is 11.3. The average Bonchev–Trinajstić information content (AvgIpc) is 2.45. The Morgan fingerprint density at radius 3 is 2.95 bits per heavy atom. The molecule has 0 radical (unpaired) electrons. The highest BCUT2D eigenvalue weighted by molar-refractivity contribution is 14.1. The Labute approximate surface area is 124 Å². The minimum Gasteiger partial charge on any atom is -0.409 e. The maximum atomic E-state index is 8.62. The highest BCUT2D eigenvalue weighted by Crippen LogP contribution is 2.13. The Morgan fingerprint density at radius 1 is 1.37 bits per heavy atom. The van der Waals surface area contributed by atoms with Crippen molar-refractivity contribution in [3.8, 4) is 0 Å². The van der Waals surface area contributed by atoms with Crippen LogP contribution in [0.3, 0.4) is 0 Å². The second kappa shape index (κ2) is 6.37. The first kappa shape index (κ1) is 13.6. The molecular formula is C13H13IN4O. The second-order valence-corrected chi connectivity index (χ2v) is 5.14. The van der Waals surface area contributed by atoms with Crippen molar-refractivity contribution in [2.75, 3.05) is 5.32 Å². The molecule has 0 unspecified atom stereocenters. The van der Waals surface area contributed by atoms with Crippen molar-refractivity contribution < 1.29 is 5.21 Å². The van der Waals surface area contributed by atoms with Crippen LogP contribution >= 0.6 is 22.6 Å². The zero-order chi connectivity index (χ0) is 13.7. The average molecular weight is 368 g/mol. The number of nitrogens with zero attached hydrogens (tertiary/aromatic N) is 2. The second-order valence-electron chi connectivity index (χ2n) is 3.90. The van der Waals surface area contributed by atoms with Crippen LogP contribution in [0.25, 0.3) is 0 Å². The highest BCUT2D eigenvalue weighted by atomic mass is 127. The van der Waals surface area contributed by atoms with Crippen LogP contribution in [0.4, 0.5) is 5.69 Å². The summed E-state index contributed by atoms with van der Waals surface area (Å²) < 4.78 is 1.18. The van der Waals surface area contributed by atoms with Gasteiger partial charge in [-0.25, -0.2) is 0 Å². The first-order chi connectivity index (χ1) is 9.19. The monoisotopic (exact) mass is 368 g/mol. The van der Waals surface area contributed by atoms with E-state index in [2.05, 4.69) is 44.1 Å². The number of pyridine rings is 1. The predicted octanol–water partition coefficient (Wildman–Crippen LogP) is 2.39. The number of hydrogen-bond acceptors (Lipinski definition) is 4. The Kier molecular flexibility index (Phi) is 4.56. The van der Waals surface area contributed by atoms with E-state index in [0.717, 1.165) is 11.3 Å². The summed E-state index contributed by atoms with van der Waals surface area (Å²) in [6.07, 6.45) is 1.64. The third kappa shape index (κ3) is 3.82. The molecule has 0 aliphatic rings.